The molecule has 4 nitrogen and oxygen atoms in total. The first-order valence-corrected chi connectivity index (χ1v) is 8.04. The van der Waals surface area contributed by atoms with E-state index in [4.69, 9.17) is 0 Å². The van der Waals surface area contributed by atoms with E-state index < -0.39 is 9.84 Å². The van der Waals surface area contributed by atoms with Gasteiger partial charge in [-0.2, -0.15) is 0 Å². The van der Waals surface area contributed by atoms with Gasteiger partial charge in [0.2, 0.25) is 0 Å². The predicted molar refractivity (Wildman–Crippen MR) is 78.1 cm³/mol. The minimum Gasteiger partial charge on any atom is -0.506 e. The monoisotopic (exact) mass is 283 g/mol. The molecule has 0 bridgehead atoms. The zero-order valence-electron chi connectivity index (χ0n) is 12.1. The van der Waals surface area contributed by atoms with Gasteiger partial charge < -0.3 is 5.11 Å². The van der Waals surface area contributed by atoms with Crippen LogP contribution in [-0.4, -0.2) is 32.5 Å². The summed E-state index contributed by atoms with van der Waals surface area (Å²) in [5.74, 6) is -0.229. The molecule has 0 heterocycles. The lowest BCUT2D eigenvalue weighted by Gasteiger charge is -2.21. The Morgan fingerprint density at radius 1 is 1.32 bits per heavy atom. The summed E-state index contributed by atoms with van der Waals surface area (Å²) in [4.78, 5) is 4.03. The van der Waals surface area contributed by atoms with Gasteiger partial charge in [0.1, 0.15) is 10.6 Å². The lowest BCUT2D eigenvalue weighted by Crippen LogP contribution is -2.13. The van der Waals surface area contributed by atoms with Crippen molar-refractivity contribution in [1.29, 1.82) is 0 Å². The second-order valence-electron chi connectivity index (χ2n) is 5.56. The highest BCUT2D eigenvalue weighted by molar-refractivity contribution is 7.90. The van der Waals surface area contributed by atoms with Crippen molar-refractivity contribution < 1.29 is 13.5 Å². The molecule has 0 fully saturated rings. The van der Waals surface area contributed by atoms with Crippen molar-refractivity contribution in [1.82, 2.24) is 0 Å². The van der Waals surface area contributed by atoms with Crippen LogP contribution >= 0.6 is 0 Å². The van der Waals surface area contributed by atoms with Crippen LogP contribution in [0.3, 0.4) is 0 Å². The Labute approximate surface area is 115 Å². The fourth-order valence-corrected chi connectivity index (χ4v) is 2.44. The zero-order valence-corrected chi connectivity index (χ0v) is 12.9. The van der Waals surface area contributed by atoms with Crippen molar-refractivity contribution in [2.24, 2.45) is 4.99 Å². The van der Waals surface area contributed by atoms with E-state index in [9.17, 15) is 13.5 Å². The molecule has 5 heteroatoms. The van der Waals surface area contributed by atoms with Gasteiger partial charge in [-0.1, -0.05) is 20.8 Å². The Bertz CT molecular complexity index is 596. The summed E-state index contributed by atoms with van der Waals surface area (Å²) in [6, 6.07) is 3.32. The summed E-state index contributed by atoms with van der Waals surface area (Å²) in [6.07, 6.45) is 2.61. The Morgan fingerprint density at radius 3 is 2.32 bits per heavy atom. The number of phenolic OH excluding ortho intramolecular Hbond substituents is 1. The fraction of sp³-hybridized carbons (Fsp3) is 0.500. The number of aromatic hydroxyl groups is 1. The van der Waals surface area contributed by atoms with Crippen LogP contribution in [0, 0.1) is 0 Å². The maximum atomic E-state index is 11.8. The molecule has 0 aromatic heterocycles. The highest BCUT2D eigenvalue weighted by Gasteiger charge is 2.22. The molecule has 106 valence electrons. The third-order valence-electron chi connectivity index (χ3n) is 2.78. The topological polar surface area (TPSA) is 66.7 Å². The Morgan fingerprint density at radius 2 is 1.89 bits per heavy atom. The van der Waals surface area contributed by atoms with Crippen molar-refractivity contribution in [2.45, 2.75) is 38.0 Å². The van der Waals surface area contributed by atoms with Gasteiger partial charge in [-0.25, -0.2) is 8.42 Å². The molecular formula is C14H21NO3S. The second kappa shape index (κ2) is 5.33. The summed E-state index contributed by atoms with van der Waals surface area (Å²) in [6.45, 7) is 8.43. The normalized spacial score (nSPS) is 13.1. The molecule has 1 rings (SSSR count). The minimum atomic E-state index is -3.48. The molecule has 0 aliphatic heterocycles. The number of phenols is 1. The maximum Gasteiger partial charge on any atom is 0.179 e. The van der Waals surface area contributed by atoms with E-state index in [1.165, 1.54) is 12.3 Å². The SMILES string of the molecule is CCN=Cc1cc(C(C)(C)C)cc(S(C)(=O)=O)c1O. The second-order valence-corrected chi connectivity index (χ2v) is 7.55. The summed E-state index contributed by atoms with van der Waals surface area (Å²) in [7, 11) is -3.48. The van der Waals surface area contributed by atoms with Crippen molar-refractivity contribution in [3.05, 3.63) is 23.3 Å². The molecule has 0 atom stereocenters. The zero-order chi connectivity index (χ0) is 14.8. The van der Waals surface area contributed by atoms with E-state index in [1.807, 2.05) is 27.7 Å². The first-order valence-electron chi connectivity index (χ1n) is 6.14. The average Bonchev–Trinajstić information content (AvgIpc) is 2.24. The Hall–Kier alpha value is -1.36. The molecule has 0 unspecified atom stereocenters. The molecule has 0 aliphatic carbocycles. The molecule has 0 aliphatic rings. The quantitative estimate of drug-likeness (QED) is 0.867. The van der Waals surface area contributed by atoms with E-state index in [1.54, 1.807) is 6.07 Å². The molecule has 0 amide bonds. The van der Waals surface area contributed by atoms with Gasteiger partial charge in [0.05, 0.1) is 0 Å². The highest BCUT2D eigenvalue weighted by Crippen LogP contribution is 2.32. The number of sulfone groups is 1. The van der Waals surface area contributed by atoms with Gasteiger partial charge in [-0.05, 0) is 30.0 Å². The fourth-order valence-electron chi connectivity index (χ4n) is 1.63. The first-order chi connectivity index (χ1) is 8.57. The molecule has 0 saturated carbocycles. The van der Waals surface area contributed by atoms with Crippen LogP contribution in [0.1, 0.15) is 38.8 Å². The number of hydrogen-bond acceptors (Lipinski definition) is 4. The highest BCUT2D eigenvalue weighted by atomic mass is 32.2. The van der Waals surface area contributed by atoms with Crippen LogP contribution in [-0.2, 0) is 15.3 Å². The van der Waals surface area contributed by atoms with Gasteiger partial charge >= 0.3 is 0 Å². The molecule has 0 spiro atoms. The van der Waals surface area contributed by atoms with Crippen molar-refractivity contribution in [2.75, 3.05) is 12.8 Å². The summed E-state index contributed by atoms with van der Waals surface area (Å²) in [5, 5.41) is 10.1. The van der Waals surface area contributed by atoms with Gasteiger partial charge in [-0.3, -0.25) is 4.99 Å². The van der Waals surface area contributed by atoms with Crippen molar-refractivity contribution in [3.63, 3.8) is 0 Å². The van der Waals surface area contributed by atoms with Crippen molar-refractivity contribution >= 4 is 16.1 Å². The summed E-state index contributed by atoms with van der Waals surface area (Å²) < 4.78 is 23.5. The lowest BCUT2D eigenvalue weighted by atomic mass is 9.86. The molecule has 0 saturated heterocycles. The standard InChI is InChI=1S/C14H21NO3S/c1-6-15-9-10-7-11(14(2,3)4)8-12(13(10)16)19(5,17)18/h7-9,16H,6H2,1-5H3. The largest absolute Gasteiger partial charge is 0.506 e. The third-order valence-corrected chi connectivity index (χ3v) is 3.89. The molecular weight excluding hydrogens is 262 g/mol. The number of aliphatic imine (C=N–C) groups is 1. The molecule has 1 aromatic carbocycles. The number of benzene rings is 1. The maximum absolute atomic E-state index is 11.8. The molecule has 1 aromatic rings. The molecule has 0 radical (unpaired) electrons. The number of rotatable bonds is 3. The van der Waals surface area contributed by atoms with E-state index in [-0.39, 0.29) is 16.1 Å². The van der Waals surface area contributed by atoms with Crippen LogP contribution in [0.2, 0.25) is 0 Å². The summed E-state index contributed by atoms with van der Waals surface area (Å²) >= 11 is 0. The minimum absolute atomic E-state index is 0.0440. The van der Waals surface area contributed by atoms with E-state index in [0.717, 1.165) is 11.8 Å². The van der Waals surface area contributed by atoms with Crippen LogP contribution in [0.15, 0.2) is 22.0 Å². The first kappa shape index (κ1) is 15.7. The number of hydrogen-bond donors (Lipinski definition) is 1. The predicted octanol–water partition coefficient (Wildman–Crippen LogP) is 2.53. The molecule has 19 heavy (non-hydrogen) atoms. The van der Waals surface area contributed by atoms with Gasteiger partial charge in [-0.15, -0.1) is 0 Å². The van der Waals surface area contributed by atoms with Crippen LogP contribution in [0.5, 0.6) is 5.75 Å². The Balaban J connectivity index is 3.62. The van der Waals surface area contributed by atoms with Crippen LogP contribution in [0.25, 0.3) is 0 Å². The summed E-state index contributed by atoms with van der Waals surface area (Å²) in [5.41, 5.74) is 1.08. The third kappa shape index (κ3) is 3.80. The van der Waals surface area contributed by atoms with E-state index in [2.05, 4.69) is 4.99 Å². The average molecular weight is 283 g/mol. The van der Waals surface area contributed by atoms with Crippen LogP contribution < -0.4 is 0 Å². The van der Waals surface area contributed by atoms with Crippen LogP contribution in [0.4, 0.5) is 0 Å². The number of nitrogens with zero attached hydrogens (tertiary/aromatic N) is 1. The van der Waals surface area contributed by atoms with Gasteiger partial charge in [0.15, 0.2) is 9.84 Å². The lowest BCUT2D eigenvalue weighted by molar-refractivity contribution is 0.456. The van der Waals surface area contributed by atoms with Gasteiger partial charge in [0.25, 0.3) is 0 Å². The van der Waals surface area contributed by atoms with E-state index in [0.29, 0.717) is 12.1 Å². The van der Waals surface area contributed by atoms with Gasteiger partial charge in [0, 0.05) is 24.6 Å². The van der Waals surface area contributed by atoms with Crippen molar-refractivity contribution in [3.8, 4) is 5.75 Å². The molecule has 1 N–H and O–H groups in total. The smallest absolute Gasteiger partial charge is 0.179 e. The van der Waals surface area contributed by atoms with E-state index >= 15 is 0 Å². The Kier molecular flexibility index (Phi) is 4.40.